The molecule has 0 spiro atoms. The number of methoxy groups -OCH3 is 1. The fourth-order valence-corrected chi connectivity index (χ4v) is 4.06. The van der Waals surface area contributed by atoms with Crippen LogP contribution in [0.3, 0.4) is 0 Å². The van der Waals surface area contributed by atoms with Crippen molar-refractivity contribution < 1.29 is 9.47 Å². The Kier molecular flexibility index (Phi) is 12.9. The SMILES string of the molecule is CCCCN(CCCC)CCCNCc1cc(Cl)c(OCc2cccc(Cl)c2)c(OC)c1. The van der Waals surface area contributed by atoms with E-state index in [-0.39, 0.29) is 0 Å². The molecular weight excluding hydrogens is 443 g/mol. The molecule has 0 saturated carbocycles. The molecule has 0 aliphatic carbocycles. The van der Waals surface area contributed by atoms with Crippen LogP contribution in [0.1, 0.15) is 57.1 Å². The maximum atomic E-state index is 6.52. The molecule has 1 N–H and O–H groups in total. The van der Waals surface area contributed by atoms with Gasteiger partial charge in [0.15, 0.2) is 11.5 Å². The fourth-order valence-electron chi connectivity index (χ4n) is 3.56. The van der Waals surface area contributed by atoms with Gasteiger partial charge in [-0.15, -0.1) is 0 Å². The van der Waals surface area contributed by atoms with E-state index in [4.69, 9.17) is 32.7 Å². The molecule has 2 rings (SSSR count). The Morgan fingerprint density at radius 1 is 0.906 bits per heavy atom. The molecule has 0 bridgehead atoms. The monoisotopic (exact) mass is 480 g/mol. The van der Waals surface area contributed by atoms with Gasteiger partial charge in [-0.25, -0.2) is 0 Å². The highest BCUT2D eigenvalue weighted by molar-refractivity contribution is 6.32. The molecule has 0 amide bonds. The first kappa shape index (κ1) is 26.8. The summed E-state index contributed by atoms with van der Waals surface area (Å²) in [7, 11) is 1.64. The lowest BCUT2D eigenvalue weighted by Gasteiger charge is -2.22. The lowest BCUT2D eigenvalue weighted by Crippen LogP contribution is -2.29. The van der Waals surface area contributed by atoms with Crippen molar-refractivity contribution in [1.82, 2.24) is 10.2 Å². The number of hydrogen-bond acceptors (Lipinski definition) is 4. The predicted molar refractivity (Wildman–Crippen MR) is 136 cm³/mol. The molecule has 0 saturated heterocycles. The van der Waals surface area contributed by atoms with Crippen LogP contribution < -0.4 is 14.8 Å². The lowest BCUT2D eigenvalue weighted by molar-refractivity contribution is 0.261. The van der Waals surface area contributed by atoms with Crippen LogP contribution in [0.25, 0.3) is 0 Å². The Morgan fingerprint density at radius 3 is 2.28 bits per heavy atom. The Labute approximate surface area is 204 Å². The van der Waals surface area contributed by atoms with Gasteiger partial charge in [0.1, 0.15) is 6.61 Å². The molecular formula is C26H38Cl2N2O2. The molecule has 2 aromatic rings. The third kappa shape index (κ3) is 9.58. The van der Waals surface area contributed by atoms with Gasteiger partial charge in [-0.1, -0.05) is 62.0 Å². The van der Waals surface area contributed by atoms with Crippen molar-refractivity contribution in [3.63, 3.8) is 0 Å². The highest BCUT2D eigenvalue weighted by Crippen LogP contribution is 2.37. The largest absolute Gasteiger partial charge is 0.493 e. The standard InChI is InChI=1S/C26H38Cl2N2O2/c1-4-6-13-30(14-7-5-2)15-9-12-29-19-22-17-24(28)26(25(18-22)31-3)32-20-21-10-8-11-23(27)16-21/h8,10-11,16-18,29H,4-7,9,12-15,19-20H2,1-3H3. The molecule has 32 heavy (non-hydrogen) atoms. The van der Waals surface area contributed by atoms with Crippen LogP contribution in [0.5, 0.6) is 11.5 Å². The zero-order chi connectivity index (χ0) is 23.2. The van der Waals surface area contributed by atoms with E-state index in [9.17, 15) is 0 Å². The first-order valence-electron chi connectivity index (χ1n) is 11.7. The highest BCUT2D eigenvalue weighted by Gasteiger charge is 2.13. The van der Waals surface area contributed by atoms with Crippen molar-refractivity contribution >= 4 is 23.2 Å². The normalized spacial score (nSPS) is 11.2. The van der Waals surface area contributed by atoms with E-state index in [1.165, 1.54) is 38.8 Å². The van der Waals surface area contributed by atoms with Crippen LogP contribution in [0.15, 0.2) is 36.4 Å². The van der Waals surface area contributed by atoms with E-state index in [0.717, 1.165) is 37.2 Å². The van der Waals surface area contributed by atoms with Gasteiger partial charge in [0.2, 0.25) is 0 Å². The topological polar surface area (TPSA) is 33.7 Å². The fraction of sp³-hybridized carbons (Fsp3) is 0.538. The summed E-state index contributed by atoms with van der Waals surface area (Å²) in [5.74, 6) is 1.20. The smallest absolute Gasteiger partial charge is 0.180 e. The summed E-state index contributed by atoms with van der Waals surface area (Å²) in [5.41, 5.74) is 2.06. The molecule has 0 heterocycles. The third-order valence-corrected chi connectivity index (χ3v) is 5.89. The van der Waals surface area contributed by atoms with Crippen LogP contribution in [-0.4, -0.2) is 38.2 Å². The number of unbranched alkanes of at least 4 members (excludes halogenated alkanes) is 2. The average molecular weight is 482 g/mol. The molecule has 0 aromatic heterocycles. The van der Waals surface area contributed by atoms with E-state index < -0.39 is 0 Å². The van der Waals surface area contributed by atoms with Gasteiger partial charge < -0.3 is 19.7 Å². The zero-order valence-corrected chi connectivity index (χ0v) is 21.3. The Hall–Kier alpha value is -1.46. The number of ether oxygens (including phenoxy) is 2. The molecule has 178 valence electrons. The van der Waals surface area contributed by atoms with E-state index >= 15 is 0 Å². The van der Waals surface area contributed by atoms with Crippen molar-refractivity contribution in [2.45, 2.75) is 59.1 Å². The molecule has 0 aliphatic heterocycles. The van der Waals surface area contributed by atoms with Crippen molar-refractivity contribution in [1.29, 1.82) is 0 Å². The molecule has 0 fully saturated rings. The number of halogens is 2. The van der Waals surface area contributed by atoms with Crippen molar-refractivity contribution in [2.75, 3.05) is 33.3 Å². The van der Waals surface area contributed by atoms with Gasteiger partial charge in [0.25, 0.3) is 0 Å². The number of hydrogen-bond donors (Lipinski definition) is 1. The van der Waals surface area contributed by atoms with Crippen LogP contribution in [0.2, 0.25) is 10.0 Å². The maximum Gasteiger partial charge on any atom is 0.180 e. The van der Waals surface area contributed by atoms with Gasteiger partial charge in [0, 0.05) is 11.6 Å². The van der Waals surface area contributed by atoms with Gasteiger partial charge in [-0.05, 0) is 80.8 Å². The zero-order valence-electron chi connectivity index (χ0n) is 19.8. The summed E-state index contributed by atoms with van der Waals surface area (Å²) < 4.78 is 11.5. The van der Waals surface area contributed by atoms with Crippen LogP contribution in [0, 0.1) is 0 Å². The van der Waals surface area contributed by atoms with Gasteiger partial charge in [0.05, 0.1) is 12.1 Å². The van der Waals surface area contributed by atoms with E-state index in [0.29, 0.717) is 28.2 Å². The average Bonchev–Trinajstić information content (AvgIpc) is 2.79. The van der Waals surface area contributed by atoms with Crippen molar-refractivity contribution in [2.24, 2.45) is 0 Å². The molecule has 0 atom stereocenters. The second kappa shape index (κ2) is 15.4. The van der Waals surface area contributed by atoms with Crippen LogP contribution >= 0.6 is 23.2 Å². The number of nitrogens with zero attached hydrogens (tertiary/aromatic N) is 1. The number of nitrogens with one attached hydrogen (secondary N) is 1. The summed E-state index contributed by atoms with van der Waals surface area (Å²) in [6.45, 7) is 10.2. The quantitative estimate of drug-likeness (QED) is 0.263. The minimum Gasteiger partial charge on any atom is -0.493 e. The minimum atomic E-state index is 0.376. The summed E-state index contributed by atoms with van der Waals surface area (Å²) in [4.78, 5) is 2.60. The molecule has 6 heteroatoms. The Bertz CT molecular complexity index is 793. The Balaban J connectivity index is 1.84. The number of rotatable bonds is 16. The lowest BCUT2D eigenvalue weighted by atomic mass is 10.2. The summed E-state index contributed by atoms with van der Waals surface area (Å²) in [5, 5.41) is 4.77. The van der Waals surface area contributed by atoms with Crippen LogP contribution in [-0.2, 0) is 13.2 Å². The second-order valence-corrected chi connectivity index (χ2v) is 8.95. The molecule has 2 aromatic carbocycles. The predicted octanol–water partition coefficient (Wildman–Crippen LogP) is 6.96. The van der Waals surface area contributed by atoms with Gasteiger partial charge in [-0.2, -0.15) is 0 Å². The molecule has 0 aliphatic rings. The van der Waals surface area contributed by atoms with Gasteiger partial charge >= 0.3 is 0 Å². The van der Waals surface area contributed by atoms with Crippen molar-refractivity contribution in [3.8, 4) is 11.5 Å². The third-order valence-electron chi connectivity index (χ3n) is 5.37. The van der Waals surface area contributed by atoms with E-state index in [2.05, 4.69) is 24.1 Å². The van der Waals surface area contributed by atoms with Gasteiger partial charge in [-0.3, -0.25) is 0 Å². The molecule has 4 nitrogen and oxygen atoms in total. The summed E-state index contributed by atoms with van der Waals surface area (Å²) >= 11 is 12.6. The van der Waals surface area contributed by atoms with Crippen molar-refractivity contribution in [3.05, 3.63) is 57.6 Å². The number of benzene rings is 2. The molecule has 0 unspecified atom stereocenters. The highest BCUT2D eigenvalue weighted by atomic mass is 35.5. The first-order chi connectivity index (χ1) is 15.6. The van der Waals surface area contributed by atoms with E-state index in [1.807, 2.05) is 36.4 Å². The Morgan fingerprint density at radius 2 is 1.62 bits per heavy atom. The van der Waals surface area contributed by atoms with E-state index in [1.54, 1.807) is 7.11 Å². The molecule has 0 radical (unpaired) electrons. The summed E-state index contributed by atoms with van der Waals surface area (Å²) in [6.07, 6.45) is 6.20. The summed E-state index contributed by atoms with van der Waals surface area (Å²) in [6, 6.07) is 11.5. The first-order valence-corrected chi connectivity index (χ1v) is 12.5. The van der Waals surface area contributed by atoms with Crippen LogP contribution in [0.4, 0.5) is 0 Å². The maximum absolute atomic E-state index is 6.52. The second-order valence-electron chi connectivity index (χ2n) is 8.11. The minimum absolute atomic E-state index is 0.376.